The number of nitrogens with one attached hydrogen (secondary N) is 2. The summed E-state index contributed by atoms with van der Waals surface area (Å²) in [7, 11) is 0. The lowest BCUT2D eigenvalue weighted by molar-refractivity contribution is -0.594. The number of pyridine rings is 2. The molecule has 21 heavy (non-hydrogen) atoms. The highest BCUT2D eigenvalue weighted by atomic mass is 35.5. The van der Waals surface area contributed by atoms with Crippen molar-refractivity contribution in [3.05, 3.63) is 41.3 Å². The van der Waals surface area contributed by atoms with Crippen molar-refractivity contribution >= 4 is 34.4 Å². The zero-order valence-corrected chi connectivity index (χ0v) is 12.3. The fraction of sp³-hybridized carbons (Fsp3) is 0.267. The molecule has 2 aromatic rings. The van der Waals surface area contributed by atoms with Crippen molar-refractivity contribution in [2.24, 2.45) is 5.92 Å². The van der Waals surface area contributed by atoms with Crippen LogP contribution in [0.3, 0.4) is 0 Å². The standard InChI is InChI=1S/C15H16ClN5/c16-15-2-1-13-14(21-15)3-11(9-20-13)12(4-17)8-19-7-10-5-18-6-10/h1-4,8-10,17-19H,5-7H2/p+1. The first-order chi connectivity index (χ1) is 10.3. The van der Waals surface area contributed by atoms with Gasteiger partial charge in [-0.05, 0) is 18.2 Å². The molecule has 4 N–H and O–H groups in total. The van der Waals surface area contributed by atoms with Crippen LogP contribution < -0.4 is 10.6 Å². The molecule has 3 rings (SSSR count). The quantitative estimate of drug-likeness (QED) is 0.571. The summed E-state index contributed by atoms with van der Waals surface area (Å²) in [5, 5.41) is 13.4. The van der Waals surface area contributed by atoms with Gasteiger partial charge in [0.2, 0.25) is 0 Å². The molecule has 0 spiro atoms. The lowest BCUT2D eigenvalue weighted by Crippen LogP contribution is -2.82. The van der Waals surface area contributed by atoms with Gasteiger partial charge < -0.3 is 16.0 Å². The lowest BCUT2D eigenvalue weighted by atomic mass is 10.0. The van der Waals surface area contributed by atoms with Crippen LogP contribution in [-0.4, -0.2) is 35.8 Å². The minimum absolute atomic E-state index is 0.450. The first kappa shape index (κ1) is 14.1. The number of hydrogen-bond acceptors (Lipinski definition) is 4. The molecule has 3 heterocycles. The Hall–Kier alpha value is -1.82. The maximum absolute atomic E-state index is 7.59. The second kappa shape index (κ2) is 6.30. The third-order valence-electron chi connectivity index (χ3n) is 3.63. The van der Waals surface area contributed by atoms with Crippen LogP contribution in [0.5, 0.6) is 0 Å². The highest BCUT2D eigenvalue weighted by molar-refractivity contribution is 6.29. The largest absolute Gasteiger partial charge is 0.319 e. The van der Waals surface area contributed by atoms with E-state index in [1.807, 2.05) is 18.3 Å². The molecular formula is C15H17ClN5+. The SMILES string of the molecule is N=CC(=C[NH2+]CC1CNC1)c1cnc2ccc(Cl)nc2c1. The summed E-state index contributed by atoms with van der Waals surface area (Å²) < 4.78 is 0. The predicted molar refractivity (Wildman–Crippen MR) is 84.5 cm³/mol. The monoisotopic (exact) mass is 302 g/mol. The lowest BCUT2D eigenvalue weighted by Gasteiger charge is -2.24. The Kier molecular flexibility index (Phi) is 4.24. The van der Waals surface area contributed by atoms with Gasteiger partial charge in [-0.3, -0.25) is 4.98 Å². The number of aromatic nitrogens is 2. The Morgan fingerprint density at radius 2 is 2.29 bits per heavy atom. The van der Waals surface area contributed by atoms with Crippen LogP contribution in [0.15, 0.2) is 30.6 Å². The molecule has 108 valence electrons. The molecule has 0 unspecified atom stereocenters. The summed E-state index contributed by atoms with van der Waals surface area (Å²) in [5.41, 5.74) is 3.27. The van der Waals surface area contributed by atoms with Crippen molar-refractivity contribution in [3.63, 3.8) is 0 Å². The topological polar surface area (TPSA) is 78.3 Å². The fourth-order valence-corrected chi connectivity index (χ4v) is 2.42. The normalized spacial score (nSPS) is 16.0. The van der Waals surface area contributed by atoms with Crippen molar-refractivity contribution in [3.8, 4) is 0 Å². The molecule has 0 radical (unpaired) electrons. The smallest absolute Gasteiger partial charge is 0.129 e. The van der Waals surface area contributed by atoms with Crippen LogP contribution in [0.1, 0.15) is 5.56 Å². The summed E-state index contributed by atoms with van der Waals surface area (Å²) in [5.74, 6) is 0.725. The van der Waals surface area contributed by atoms with Crippen molar-refractivity contribution < 1.29 is 5.32 Å². The highest BCUT2D eigenvalue weighted by Crippen LogP contribution is 2.18. The maximum Gasteiger partial charge on any atom is 0.129 e. The van der Waals surface area contributed by atoms with Gasteiger partial charge in [-0.1, -0.05) is 11.6 Å². The van der Waals surface area contributed by atoms with Crippen LogP contribution in [0.25, 0.3) is 16.6 Å². The highest BCUT2D eigenvalue weighted by Gasteiger charge is 2.17. The Bertz CT molecular complexity index is 694. The van der Waals surface area contributed by atoms with E-state index in [4.69, 9.17) is 17.0 Å². The van der Waals surface area contributed by atoms with Gasteiger partial charge >= 0.3 is 0 Å². The van der Waals surface area contributed by atoms with E-state index in [1.54, 1.807) is 12.3 Å². The summed E-state index contributed by atoms with van der Waals surface area (Å²) in [6, 6.07) is 5.49. The van der Waals surface area contributed by atoms with E-state index in [2.05, 4.69) is 20.6 Å². The average molecular weight is 303 g/mol. The van der Waals surface area contributed by atoms with Crippen molar-refractivity contribution in [2.45, 2.75) is 0 Å². The number of halogens is 1. The van der Waals surface area contributed by atoms with Crippen LogP contribution in [0, 0.1) is 11.3 Å². The summed E-state index contributed by atoms with van der Waals surface area (Å²) in [6.07, 6.45) is 5.11. The molecule has 0 aromatic carbocycles. The van der Waals surface area contributed by atoms with Crippen LogP contribution in [-0.2, 0) is 0 Å². The number of rotatable bonds is 5. The number of nitrogens with two attached hydrogens (primary N) is 1. The second-order valence-electron chi connectivity index (χ2n) is 5.16. The first-order valence-electron chi connectivity index (χ1n) is 6.93. The minimum Gasteiger partial charge on any atom is -0.319 e. The number of hydrogen-bond donors (Lipinski definition) is 3. The van der Waals surface area contributed by atoms with Gasteiger partial charge in [0.1, 0.15) is 11.4 Å². The summed E-state index contributed by atoms with van der Waals surface area (Å²) in [4.78, 5) is 8.64. The Labute approximate surface area is 127 Å². The molecule has 1 saturated heterocycles. The number of nitrogens with zero attached hydrogens (tertiary/aromatic N) is 2. The Balaban J connectivity index is 1.81. The first-order valence-corrected chi connectivity index (χ1v) is 7.31. The predicted octanol–water partition coefficient (Wildman–Crippen LogP) is 1.06. The zero-order chi connectivity index (χ0) is 14.7. The van der Waals surface area contributed by atoms with E-state index in [9.17, 15) is 0 Å². The Morgan fingerprint density at radius 1 is 1.43 bits per heavy atom. The summed E-state index contributed by atoms with van der Waals surface area (Å²) >= 11 is 5.91. The molecule has 5 nitrogen and oxygen atoms in total. The van der Waals surface area contributed by atoms with Crippen molar-refractivity contribution in [1.82, 2.24) is 15.3 Å². The fourth-order valence-electron chi connectivity index (χ4n) is 2.27. The maximum atomic E-state index is 7.59. The molecule has 0 saturated carbocycles. The van der Waals surface area contributed by atoms with E-state index in [-0.39, 0.29) is 0 Å². The molecule has 1 aliphatic heterocycles. The van der Waals surface area contributed by atoms with Crippen LogP contribution in [0.4, 0.5) is 0 Å². The molecule has 1 aliphatic rings. The van der Waals surface area contributed by atoms with Crippen LogP contribution >= 0.6 is 11.6 Å². The van der Waals surface area contributed by atoms with E-state index in [0.717, 1.165) is 47.7 Å². The van der Waals surface area contributed by atoms with E-state index >= 15 is 0 Å². The number of quaternary nitrogens is 1. The average Bonchev–Trinajstić information content (AvgIpc) is 2.45. The molecule has 0 amide bonds. The molecule has 0 bridgehead atoms. The van der Waals surface area contributed by atoms with E-state index < -0.39 is 0 Å². The molecule has 1 fully saturated rings. The third kappa shape index (κ3) is 3.26. The Morgan fingerprint density at radius 3 is 3.00 bits per heavy atom. The van der Waals surface area contributed by atoms with Crippen molar-refractivity contribution in [1.29, 1.82) is 5.41 Å². The summed E-state index contributed by atoms with van der Waals surface area (Å²) in [6.45, 7) is 3.21. The van der Waals surface area contributed by atoms with Crippen molar-refractivity contribution in [2.75, 3.05) is 19.6 Å². The van der Waals surface area contributed by atoms with E-state index in [0.29, 0.717) is 5.15 Å². The molecule has 0 atom stereocenters. The number of fused-ring (bicyclic) bond motifs is 1. The second-order valence-corrected chi connectivity index (χ2v) is 5.55. The zero-order valence-electron chi connectivity index (χ0n) is 11.5. The third-order valence-corrected chi connectivity index (χ3v) is 3.84. The molecular weight excluding hydrogens is 286 g/mol. The molecule has 2 aromatic heterocycles. The van der Waals surface area contributed by atoms with Crippen LogP contribution in [0.2, 0.25) is 5.15 Å². The molecule has 0 aliphatic carbocycles. The van der Waals surface area contributed by atoms with Gasteiger partial charge in [0, 0.05) is 37.0 Å². The van der Waals surface area contributed by atoms with E-state index in [1.165, 1.54) is 6.21 Å². The van der Waals surface area contributed by atoms with Gasteiger partial charge in [0.25, 0.3) is 0 Å². The van der Waals surface area contributed by atoms with Gasteiger partial charge in [-0.25, -0.2) is 4.98 Å². The minimum atomic E-state index is 0.450. The molecule has 6 heteroatoms. The van der Waals surface area contributed by atoms with Gasteiger partial charge in [0.15, 0.2) is 0 Å². The van der Waals surface area contributed by atoms with Gasteiger partial charge in [-0.15, -0.1) is 0 Å². The number of allylic oxidation sites excluding steroid dienone is 1. The van der Waals surface area contributed by atoms with Gasteiger partial charge in [-0.2, -0.15) is 0 Å². The van der Waals surface area contributed by atoms with Gasteiger partial charge in [0.05, 0.1) is 23.2 Å².